The van der Waals surface area contributed by atoms with E-state index in [9.17, 15) is 0 Å². The van der Waals surface area contributed by atoms with Crippen molar-refractivity contribution < 1.29 is 4.74 Å². The molecule has 0 spiro atoms. The fourth-order valence-electron chi connectivity index (χ4n) is 2.63. The summed E-state index contributed by atoms with van der Waals surface area (Å²) in [7, 11) is 0. The monoisotopic (exact) mass is 243 g/mol. The summed E-state index contributed by atoms with van der Waals surface area (Å²) in [5.41, 5.74) is 2.78. The van der Waals surface area contributed by atoms with Crippen molar-refractivity contribution in [2.45, 2.75) is 51.4 Å². The molecule has 2 nitrogen and oxygen atoms in total. The molecule has 0 aliphatic carbocycles. The van der Waals surface area contributed by atoms with Crippen LogP contribution < -0.4 is 4.74 Å². The third-order valence-corrected chi connectivity index (χ3v) is 3.73. The van der Waals surface area contributed by atoms with Crippen molar-refractivity contribution in [2.24, 2.45) is 0 Å². The van der Waals surface area contributed by atoms with E-state index in [1.165, 1.54) is 17.5 Å². The van der Waals surface area contributed by atoms with Crippen LogP contribution in [0.3, 0.4) is 0 Å². The third-order valence-electron chi connectivity index (χ3n) is 3.73. The topological polar surface area (TPSA) is 33.0 Å². The number of aryl methyl sites for hydroxylation is 1. The molecular weight excluding hydrogens is 222 g/mol. The van der Waals surface area contributed by atoms with Gasteiger partial charge in [-0.3, -0.25) is 0 Å². The molecule has 2 rings (SSSR count). The van der Waals surface area contributed by atoms with Gasteiger partial charge in [0.15, 0.2) is 0 Å². The minimum atomic E-state index is 0.660. The summed E-state index contributed by atoms with van der Waals surface area (Å²) in [6, 6.07) is 8.81. The van der Waals surface area contributed by atoms with Crippen LogP contribution in [0.15, 0.2) is 18.2 Å². The Labute approximate surface area is 110 Å². The maximum absolute atomic E-state index is 8.52. The minimum Gasteiger partial charge on any atom is -0.493 e. The fraction of sp³-hybridized carbons (Fsp3) is 0.562. The number of nitriles is 1. The Morgan fingerprint density at radius 1 is 1.39 bits per heavy atom. The van der Waals surface area contributed by atoms with Crippen LogP contribution in [-0.4, -0.2) is 6.61 Å². The molecule has 1 aromatic rings. The summed E-state index contributed by atoms with van der Waals surface area (Å²) < 4.78 is 5.71. The number of hydrogen-bond donors (Lipinski definition) is 0. The van der Waals surface area contributed by atoms with E-state index in [0.29, 0.717) is 12.3 Å². The van der Waals surface area contributed by atoms with Gasteiger partial charge < -0.3 is 4.74 Å². The summed E-state index contributed by atoms with van der Waals surface area (Å²) in [6.45, 7) is 3.10. The predicted molar refractivity (Wildman–Crippen MR) is 72.8 cm³/mol. The molecule has 1 heterocycles. The van der Waals surface area contributed by atoms with Gasteiger partial charge in [-0.2, -0.15) is 5.26 Å². The number of unbranched alkanes of at least 4 members (excludes halogenated alkanes) is 2. The number of fused-ring (bicyclic) bond motifs is 1. The third kappa shape index (κ3) is 3.04. The molecule has 1 atom stereocenters. The molecule has 0 saturated carbocycles. The normalized spacial score (nSPS) is 17.7. The first-order valence-corrected chi connectivity index (χ1v) is 6.97. The van der Waals surface area contributed by atoms with Crippen molar-refractivity contribution in [1.82, 2.24) is 0 Å². The van der Waals surface area contributed by atoms with Gasteiger partial charge in [-0.15, -0.1) is 0 Å². The van der Waals surface area contributed by atoms with Gasteiger partial charge >= 0.3 is 0 Å². The van der Waals surface area contributed by atoms with Crippen LogP contribution in [0, 0.1) is 11.3 Å². The zero-order chi connectivity index (χ0) is 12.8. The van der Waals surface area contributed by atoms with Crippen LogP contribution in [0.5, 0.6) is 5.75 Å². The molecular formula is C16H21NO. The lowest BCUT2D eigenvalue weighted by atomic mass is 9.89. The molecule has 2 heteroatoms. The first-order valence-electron chi connectivity index (χ1n) is 6.97. The molecule has 0 radical (unpaired) electrons. The van der Waals surface area contributed by atoms with Crippen molar-refractivity contribution in [1.29, 1.82) is 5.26 Å². The molecule has 0 aromatic heterocycles. The van der Waals surface area contributed by atoms with E-state index in [2.05, 4.69) is 31.2 Å². The summed E-state index contributed by atoms with van der Waals surface area (Å²) in [5, 5.41) is 8.52. The van der Waals surface area contributed by atoms with Gasteiger partial charge in [-0.25, -0.2) is 0 Å². The summed E-state index contributed by atoms with van der Waals surface area (Å²) in [4.78, 5) is 0. The highest BCUT2D eigenvalue weighted by molar-refractivity contribution is 5.41. The number of benzene rings is 1. The van der Waals surface area contributed by atoms with Crippen LogP contribution in [0.4, 0.5) is 0 Å². The second-order valence-corrected chi connectivity index (χ2v) is 4.98. The molecule has 0 saturated heterocycles. The zero-order valence-corrected chi connectivity index (χ0v) is 11.1. The van der Waals surface area contributed by atoms with E-state index in [-0.39, 0.29) is 0 Å². The first kappa shape index (κ1) is 13.0. The van der Waals surface area contributed by atoms with E-state index in [0.717, 1.165) is 38.0 Å². The Kier molecular flexibility index (Phi) is 4.64. The van der Waals surface area contributed by atoms with E-state index < -0.39 is 0 Å². The fourth-order valence-corrected chi connectivity index (χ4v) is 2.63. The molecule has 0 bridgehead atoms. The van der Waals surface area contributed by atoms with Crippen molar-refractivity contribution in [2.75, 3.05) is 6.61 Å². The molecule has 1 aromatic carbocycles. The Hall–Kier alpha value is -1.49. The van der Waals surface area contributed by atoms with Crippen LogP contribution in [0.1, 0.15) is 56.1 Å². The lowest BCUT2D eigenvalue weighted by Crippen LogP contribution is -2.13. The van der Waals surface area contributed by atoms with E-state index in [4.69, 9.17) is 10.00 Å². The Morgan fingerprint density at radius 3 is 3.06 bits per heavy atom. The zero-order valence-electron chi connectivity index (χ0n) is 11.1. The maximum atomic E-state index is 8.52. The van der Waals surface area contributed by atoms with Gasteiger partial charge in [-0.1, -0.05) is 19.1 Å². The van der Waals surface area contributed by atoms with Crippen molar-refractivity contribution >= 4 is 0 Å². The second-order valence-electron chi connectivity index (χ2n) is 4.98. The highest BCUT2D eigenvalue weighted by atomic mass is 16.5. The van der Waals surface area contributed by atoms with Crippen LogP contribution in [0.25, 0.3) is 0 Å². The van der Waals surface area contributed by atoms with Crippen LogP contribution >= 0.6 is 0 Å². The molecule has 1 unspecified atom stereocenters. The quantitative estimate of drug-likeness (QED) is 0.726. The molecule has 0 N–H and O–H groups in total. The highest BCUT2D eigenvalue weighted by Gasteiger charge is 2.19. The lowest BCUT2D eigenvalue weighted by molar-refractivity contribution is 0.265. The summed E-state index contributed by atoms with van der Waals surface area (Å²) >= 11 is 0. The molecule has 96 valence electrons. The van der Waals surface area contributed by atoms with Crippen molar-refractivity contribution in [3.8, 4) is 11.8 Å². The maximum Gasteiger partial charge on any atom is 0.122 e. The van der Waals surface area contributed by atoms with Gasteiger partial charge in [0.05, 0.1) is 12.7 Å². The SMILES string of the molecule is CCC1CCOc2ccc(CCCCC#N)cc21. The molecule has 0 amide bonds. The van der Waals surface area contributed by atoms with Crippen molar-refractivity contribution in [3.63, 3.8) is 0 Å². The Morgan fingerprint density at radius 2 is 2.28 bits per heavy atom. The van der Waals surface area contributed by atoms with Crippen LogP contribution in [-0.2, 0) is 6.42 Å². The average molecular weight is 243 g/mol. The Bertz CT molecular complexity index is 433. The molecule has 18 heavy (non-hydrogen) atoms. The Balaban J connectivity index is 2.03. The van der Waals surface area contributed by atoms with Gasteiger partial charge in [0.2, 0.25) is 0 Å². The van der Waals surface area contributed by atoms with E-state index in [1.807, 2.05) is 0 Å². The van der Waals surface area contributed by atoms with Crippen molar-refractivity contribution in [3.05, 3.63) is 29.3 Å². The van der Waals surface area contributed by atoms with Gasteiger partial charge in [0, 0.05) is 6.42 Å². The van der Waals surface area contributed by atoms with E-state index >= 15 is 0 Å². The van der Waals surface area contributed by atoms with Crippen LogP contribution in [0.2, 0.25) is 0 Å². The lowest BCUT2D eigenvalue weighted by Gasteiger charge is -2.25. The standard InChI is InChI=1S/C16H21NO/c1-2-14-9-11-18-16-8-7-13(12-15(14)16)6-4-3-5-10-17/h7-8,12,14H,2-6,9,11H2,1H3. The summed E-state index contributed by atoms with van der Waals surface area (Å²) in [6.07, 6.45) is 6.18. The summed E-state index contributed by atoms with van der Waals surface area (Å²) in [5.74, 6) is 1.74. The average Bonchev–Trinajstić information content (AvgIpc) is 2.43. The smallest absolute Gasteiger partial charge is 0.122 e. The van der Waals surface area contributed by atoms with Gasteiger partial charge in [0.1, 0.15) is 5.75 Å². The van der Waals surface area contributed by atoms with Gasteiger partial charge in [0.25, 0.3) is 0 Å². The molecule has 1 aliphatic heterocycles. The number of nitrogens with zero attached hydrogens (tertiary/aromatic N) is 1. The minimum absolute atomic E-state index is 0.660. The van der Waals surface area contributed by atoms with Gasteiger partial charge in [-0.05, 0) is 55.2 Å². The molecule has 1 aliphatic rings. The number of rotatable bonds is 5. The highest BCUT2D eigenvalue weighted by Crippen LogP contribution is 2.36. The first-order chi connectivity index (χ1) is 8.85. The number of ether oxygens (including phenoxy) is 1. The molecule has 0 fully saturated rings. The number of hydrogen-bond acceptors (Lipinski definition) is 2. The largest absolute Gasteiger partial charge is 0.493 e. The predicted octanol–water partition coefficient (Wildman–Crippen LogP) is 4.20. The second kappa shape index (κ2) is 6.44. The van der Waals surface area contributed by atoms with E-state index in [1.54, 1.807) is 0 Å².